The number of aliphatic carboxylic acids is 1. The summed E-state index contributed by atoms with van der Waals surface area (Å²) >= 11 is 0. The number of hydrogen-bond donors (Lipinski definition) is 1. The number of rotatable bonds is 2. The molecule has 1 aromatic heterocycles. The van der Waals surface area contributed by atoms with Crippen LogP contribution in [0.3, 0.4) is 0 Å². The number of carboxylic acids is 1. The van der Waals surface area contributed by atoms with Crippen LogP contribution in [0.2, 0.25) is 0 Å². The molecule has 1 spiro atoms. The summed E-state index contributed by atoms with van der Waals surface area (Å²) in [7, 11) is 0. The molecule has 4 rings (SSSR count). The van der Waals surface area contributed by atoms with Crippen LogP contribution in [0.1, 0.15) is 34.5 Å². The van der Waals surface area contributed by atoms with Crippen LogP contribution in [0, 0.1) is 25.2 Å². The first-order valence-corrected chi connectivity index (χ1v) is 9.38. The highest BCUT2D eigenvalue weighted by Crippen LogP contribution is 2.45. The van der Waals surface area contributed by atoms with Gasteiger partial charge in [0.2, 0.25) is 0 Å². The number of carbonyl (C=O) groups is 2. The second-order valence-electron chi connectivity index (χ2n) is 7.83. The van der Waals surface area contributed by atoms with E-state index in [1.807, 2.05) is 38.1 Å². The SMILES string of the molecule is Cc1cc(C(=O)N2CC(C(=O)O)C3(CCOCC3)C2)c2cccc(C)c2n1. The van der Waals surface area contributed by atoms with E-state index in [0.717, 1.165) is 22.2 Å². The van der Waals surface area contributed by atoms with Gasteiger partial charge in [0.05, 0.1) is 17.0 Å². The molecule has 6 heteroatoms. The zero-order chi connectivity index (χ0) is 19.2. The number of benzene rings is 1. The average molecular weight is 368 g/mol. The Morgan fingerprint density at radius 1 is 1.26 bits per heavy atom. The number of amides is 1. The average Bonchev–Trinajstić information content (AvgIpc) is 3.01. The van der Waals surface area contributed by atoms with E-state index in [1.165, 1.54) is 0 Å². The van der Waals surface area contributed by atoms with Crippen LogP contribution in [0.4, 0.5) is 0 Å². The van der Waals surface area contributed by atoms with Gasteiger partial charge in [-0.3, -0.25) is 14.6 Å². The second-order valence-corrected chi connectivity index (χ2v) is 7.83. The summed E-state index contributed by atoms with van der Waals surface area (Å²) in [5, 5.41) is 10.6. The molecule has 2 aliphatic heterocycles. The van der Waals surface area contributed by atoms with E-state index in [0.29, 0.717) is 38.2 Å². The first kappa shape index (κ1) is 17.9. The topological polar surface area (TPSA) is 79.7 Å². The Bertz CT molecular complexity index is 918. The molecule has 1 amide bonds. The van der Waals surface area contributed by atoms with Crippen LogP contribution in [-0.4, -0.2) is 53.2 Å². The van der Waals surface area contributed by atoms with E-state index in [-0.39, 0.29) is 17.9 Å². The molecular formula is C21H24N2O4. The lowest BCUT2D eigenvalue weighted by atomic mass is 9.72. The second kappa shape index (κ2) is 6.60. The Balaban J connectivity index is 1.73. The minimum atomic E-state index is -0.821. The van der Waals surface area contributed by atoms with E-state index in [1.54, 1.807) is 4.90 Å². The lowest BCUT2D eigenvalue weighted by Crippen LogP contribution is -2.40. The maximum absolute atomic E-state index is 13.4. The molecule has 2 fully saturated rings. The third kappa shape index (κ3) is 2.98. The normalized spacial score (nSPS) is 21.7. The van der Waals surface area contributed by atoms with Gasteiger partial charge in [-0.15, -0.1) is 0 Å². The first-order chi connectivity index (χ1) is 12.9. The summed E-state index contributed by atoms with van der Waals surface area (Å²) in [6.07, 6.45) is 1.37. The van der Waals surface area contributed by atoms with Crippen LogP contribution < -0.4 is 0 Å². The summed E-state index contributed by atoms with van der Waals surface area (Å²) in [4.78, 5) is 31.6. The van der Waals surface area contributed by atoms with Gasteiger partial charge in [-0.2, -0.15) is 0 Å². The van der Waals surface area contributed by atoms with Crippen molar-refractivity contribution in [3.8, 4) is 0 Å². The molecule has 3 heterocycles. The minimum absolute atomic E-state index is 0.106. The van der Waals surface area contributed by atoms with Gasteiger partial charge >= 0.3 is 5.97 Å². The smallest absolute Gasteiger partial charge is 0.308 e. The van der Waals surface area contributed by atoms with E-state index < -0.39 is 11.9 Å². The summed E-state index contributed by atoms with van der Waals surface area (Å²) in [5.41, 5.74) is 2.86. The summed E-state index contributed by atoms with van der Waals surface area (Å²) in [5.74, 6) is -1.47. The molecule has 0 bridgehead atoms. The van der Waals surface area contributed by atoms with Crippen molar-refractivity contribution in [2.75, 3.05) is 26.3 Å². The van der Waals surface area contributed by atoms with Gasteiger partial charge in [-0.05, 0) is 38.3 Å². The fraction of sp³-hybridized carbons (Fsp3) is 0.476. The quantitative estimate of drug-likeness (QED) is 0.882. The molecule has 1 atom stereocenters. The highest BCUT2D eigenvalue weighted by Gasteiger charge is 2.52. The molecule has 2 saturated heterocycles. The molecule has 2 aliphatic rings. The molecule has 0 saturated carbocycles. The zero-order valence-corrected chi connectivity index (χ0v) is 15.7. The van der Waals surface area contributed by atoms with Crippen molar-refractivity contribution in [3.63, 3.8) is 0 Å². The van der Waals surface area contributed by atoms with Crippen LogP contribution in [0.5, 0.6) is 0 Å². The predicted molar refractivity (Wildman–Crippen MR) is 101 cm³/mol. The maximum atomic E-state index is 13.4. The Labute approximate surface area is 158 Å². The Hall–Kier alpha value is -2.47. The van der Waals surface area contributed by atoms with Crippen LogP contribution in [-0.2, 0) is 9.53 Å². The molecule has 1 N–H and O–H groups in total. The number of fused-ring (bicyclic) bond motifs is 1. The lowest BCUT2D eigenvalue weighted by molar-refractivity contribution is -0.146. The first-order valence-electron chi connectivity index (χ1n) is 9.38. The number of aromatic nitrogens is 1. The Morgan fingerprint density at radius 3 is 2.70 bits per heavy atom. The van der Waals surface area contributed by atoms with Crippen molar-refractivity contribution >= 4 is 22.8 Å². The number of carboxylic acid groups (broad SMARTS) is 1. The standard InChI is InChI=1S/C21H24N2O4/c1-13-4-3-5-15-16(10-14(2)22-18(13)15)19(24)23-11-17(20(25)26)21(12-23)6-8-27-9-7-21/h3-5,10,17H,6-9,11-12H2,1-2H3,(H,25,26). The lowest BCUT2D eigenvalue weighted by Gasteiger charge is -2.36. The number of pyridine rings is 1. The van der Waals surface area contributed by atoms with Crippen molar-refractivity contribution in [1.82, 2.24) is 9.88 Å². The number of aryl methyl sites for hydroxylation is 2. The van der Waals surface area contributed by atoms with Gasteiger partial charge < -0.3 is 14.7 Å². The number of nitrogens with zero attached hydrogens (tertiary/aromatic N) is 2. The van der Waals surface area contributed by atoms with E-state index in [2.05, 4.69) is 4.98 Å². The summed E-state index contributed by atoms with van der Waals surface area (Å²) < 4.78 is 5.45. The fourth-order valence-electron chi connectivity index (χ4n) is 4.62. The van der Waals surface area contributed by atoms with Crippen LogP contribution in [0.25, 0.3) is 10.9 Å². The van der Waals surface area contributed by atoms with Crippen molar-refractivity contribution in [2.24, 2.45) is 11.3 Å². The number of ether oxygens (including phenoxy) is 1. The Kier molecular flexibility index (Phi) is 4.38. The number of likely N-dealkylation sites (tertiary alicyclic amines) is 1. The summed E-state index contributed by atoms with van der Waals surface area (Å²) in [6, 6.07) is 7.64. The molecule has 6 nitrogen and oxygen atoms in total. The minimum Gasteiger partial charge on any atom is -0.481 e. The number of carbonyl (C=O) groups excluding carboxylic acids is 1. The Morgan fingerprint density at radius 2 is 2.00 bits per heavy atom. The third-order valence-corrected chi connectivity index (χ3v) is 6.12. The van der Waals surface area contributed by atoms with Gasteiger partial charge in [0.1, 0.15) is 0 Å². The highest BCUT2D eigenvalue weighted by molar-refractivity contribution is 6.07. The van der Waals surface area contributed by atoms with E-state index in [4.69, 9.17) is 4.74 Å². The zero-order valence-electron chi connectivity index (χ0n) is 15.7. The van der Waals surface area contributed by atoms with Crippen molar-refractivity contribution in [2.45, 2.75) is 26.7 Å². The molecule has 1 aromatic carbocycles. The number of para-hydroxylation sites is 1. The third-order valence-electron chi connectivity index (χ3n) is 6.12. The van der Waals surface area contributed by atoms with Gasteiger partial charge in [-0.1, -0.05) is 18.2 Å². The van der Waals surface area contributed by atoms with Crippen molar-refractivity contribution in [3.05, 3.63) is 41.1 Å². The predicted octanol–water partition coefficient (Wildman–Crippen LogP) is 2.81. The van der Waals surface area contributed by atoms with Gasteiger partial charge in [-0.25, -0.2) is 0 Å². The van der Waals surface area contributed by atoms with Crippen molar-refractivity contribution in [1.29, 1.82) is 0 Å². The molecule has 2 aromatic rings. The van der Waals surface area contributed by atoms with E-state index >= 15 is 0 Å². The van der Waals surface area contributed by atoms with Crippen LogP contribution >= 0.6 is 0 Å². The highest BCUT2D eigenvalue weighted by atomic mass is 16.5. The molecular weight excluding hydrogens is 344 g/mol. The van der Waals surface area contributed by atoms with Crippen molar-refractivity contribution < 1.29 is 19.4 Å². The maximum Gasteiger partial charge on any atom is 0.308 e. The largest absolute Gasteiger partial charge is 0.481 e. The van der Waals surface area contributed by atoms with Gasteiger partial charge in [0, 0.05) is 42.8 Å². The van der Waals surface area contributed by atoms with Gasteiger partial charge in [0.25, 0.3) is 5.91 Å². The molecule has 27 heavy (non-hydrogen) atoms. The molecule has 0 aliphatic carbocycles. The molecule has 0 radical (unpaired) electrons. The number of hydrogen-bond acceptors (Lipinski definition) is 4. The monoisotopic (exact) mass is 368 g/mol. The fourth-order valence-corrected chi connectivity index (χ4v) is 4.62. The molecule has 142 valence electrons. The van der Waals surface area contributed by atoms with Crippen LogP contribution in [0.15, 0.2) is 24.3 Å². The van der Waals surface area contributed by atoms with Gasteiger partial charge in [0.15, 0.2) is 0 Å². The van der Waals surface area contributed by atoms with E-state index in [9.17, 15) is 14.7 Å². The molecule has 1 unspecified atom stereocenters. The summed E-state index contributed by atoms with van der Waals surface area (Å²) in [6.45, 7) is 5.71.